The maximum Gasteiger partial charge on any atom is 0.416 e. The van der Waals surface area contributed by atoms with Crippen LogP contribution in [0.25, 0.3) is 11.2 Å². The number of benzene rings is 2. The van der Waals surface area contributed by atoms with Crippen molar-refractivity contribution in [2.24, 2.45) is 0 Å². The van der Waals surface area contributed by atoms with Crippen molar-refractivity contribution >= 4 is 34.4 Å². The number of halogens is 4. The molecule has 1 amide bonds. The molecule has 32 heavy (non-hydrogen) atoms. The van der Waals surface area contributed by atoms with Gasteiger partial charge in [0.2, 0.25) is 5.91 Å². The van der Waals surface area contributed by atoms with Crippen LogP contribution in [0.2, 0.25) is 5.02 Å². The van der Waals surface area contributed by atoms with E-state index in [1.165, 1.54) is 16.8 Å². The van der Waals surface area contributed by atoms with Gasteiger partial charge in [0, 0.05) is 10.7 Å². The molecule has 0 fully saturated rings. The van der Waals surface area contributed by atoms with E-state index in [0.29, 0.717) is 16.3 Å². The van der Waals surface area contributed by atoms with Crippen molar-refractivity contribution < 1.29 is 18.0 Å². The van der Waals surface area contributed by atoms with Gasteiger partial charge in [-0.25, -0.2) is 9.67 Å². The second-order valence-corrected chi connectivity index (χ2v) is 7.29. The normalized spacial score (nSPS) is 11.6. The summed E-state index contributed by atoms with van der Waals surface area (Å²) in [6.45, 7) is -0.388. The number of hydrogen-bond acceptors (Lipinski definition) is 5. The predicted molar refractivity (Wildman–Crippen MR) is 110 cm³/mol. The van der Waals surface area contributed by atoms with Crippen molar-refractivity contribution in [1.29, 1.82) is 0 Å². The minimum atomic E-state index is -4.47. The number of aromatic nitrogens is 5. The van der Waals surface area contributed by atoms with Gasteiger partial charge in [0.25, 0.3) is 5.56 Å². The molecule has 2 aromatic heterocycles. The average molecular weight is 463 g/mol. The summed E-state index contributed by atoms with van der Waals surface area (Å²) in [6, 6.07) is 11.3. The Balaban J connectivity index is 1.55. The summed E-state index contributed by atoms with van der Waals surface area (Å²) in [4.78, 5) is 29.1. The maximum absolute atomic E-state index is 12.9. The number of rotatable bonds is 5. The molecule has 164 valence electrons. The van der Waals surface area contributed by atoms with Gasteiger partial charge in [-0.15, -0.1) is 5.10 Å². The Morgan fingerprint density at radius 2 is 1.91 bits per heavy atom. The SMILES string of the molecule is O=C(Cn1cnc2c(nnn2Cc2cccc(C(F)(F)F)c2)c1=O)Nc1cccc(Cl)c1. The second kappa shape index (κ2) is 8.42. The fraction of sp³-hybridized carbons (Fsp3) is 0.150. The maximum atomic E-state index is 12.9. The van der Waals surface area contributed by atoms with Gasteiger partial charge in [0.05, 0.1) is 12.1 Å². The van der Waals surface area contributed by atoms with Crippen molar-refractivity contribution in [2.45, 2.75) is 19.3 Å². The van der Waals surface area contributed by atoms with Crippen molar-refractivity contribution in [2.75, 3.05) is 5.32 Å². The monoisotopic (exact) mass is 462 g/mol. The lowest BCUT2D eigenvalue weighted by atomic mass is 10.1. The van der Waals surface area contributed by atoms with Crippen LogP contribution in [-0.4, -0.2) is 30.5 Å². The third-order valence-corrected chi connectivity index (χ3v) is 4.74. The van der Waals surface area contributed by atoms with E-state index in [-0.39, 0.29) is 24.3 Å². The van der Waals surface area contributed by atoms with E-state index < -0.39 is 23.2 Å². The zero-order chi connectivity index (χ0) is 22.9. The number of carbonyl (C=O) groups is 1. The number of alkyl halides is 3. The largest absolute Gasteiger partial charge is 0.416 e. The van der Waals surface area contributed by atoms with E-state index in [9.17, 15) is 22.8 Å². The number of anilines is 1. The van der Waals surface area contributed by atoms with E-state index in [2.05, 4.69) is 20.6 Å². The molecule has 0 saturated heterocycles. The van der Waals surface area contributed by atoms with Crippen LogP contribution in [0.1, 0.15) is 11.1 Å². The molecule has 0 spiro atoms. The first-order chi connectivity index (χ1) is 15.2. The third-order valence-electron chi connectivity index (χ3n) is 4.50. The quantitative estimate of drug-likeness (QED) is 0.491. The molecule has 0 aliphatic carbocycles. The Morgan fingerprint density at radius 1 is 1.12 bits per heavy atom. The highest BCUT2D eigenvalue weighted by atomic mass is 35.5. The molecular weight excluding hydrogens is 449 g/mol. The molecule has 0 radical (unpaired) electrons. The van der Waals surface area contributed by atoms with E-state index >= 15 is 0 Å². The topological polar surface area (TPSA) is 94.7 Å². The minimum absolute atomic E-state index is 0.0634. The molecule has 4 aromatic rings. The lowest BCUT2D eigenvalue weighted by molar-refractivity contribution is -0.137. The summed E-state index contributed by atoms with van der Waals surface area (Å²) in [5, 5.41) is 10.7. The first kappa shape index (κ1) is 21.5. The molecule has 2 aromatic carbocycles. The molecule has 0 saturated carbocycles. The Morgan fingerprint density at radius 3 is 2.66 bits per heavy atom. The highest BCUT2D eigenvalue weighted by molar-refractivity contribution is 6.30. The molecule has 0 unspecified atom stereocenters. The third kappa shape index (κ3) is 4.62. The second-order valence-electron chi connectivity index (χ2n) is 6.85. The van der Waals surface area contributed by atoms with Crippen LogP contribution in [0.4, 0.5) is 18.9 Å². The van der Waals surface area contributed by atoms with E-state index in [1.54, 1.807) is 24.3 Å². The van der Waals surface area contributed by atoms with Crippen LogP contribution in [0.3, 0.4) is 0 Å². The zero-order valence-corrected chi connectivity index (χ0v) is 16.9. The summed E-state index contributed by atoms with van der Waals surface area (Å²) in [5.41, 5.74) is -0.615. The average Bonchev–Trinajstić information content (AvgIpc) is 3.13. The van der Waals surface area contributed by atoms with Crippen LogP contribution in [0, 0.1) is 0 Å². The lowest BCUT2D eigenvalue weighted by Crippen LogP contribution is -2.28. The molecule has 2 heterocycles. The van der Waals surface area contributed by atoms with E-state index in [1.807, 2.05) is 0 Å². The molecule has 0 aliphatic rings. The Kier molecular flexibility index (Phi) is 5.66. The molecule has 4 rings (SSSR count). The summed E-state index contributed by atoms with van der Waals surface area (Å²) in [6.07, 6.45) is -3.31. The minimum Gasteiger partial charge on any atom is -0.324 e. The number of hydrogen-bond donors (Lipinski definition) is 1. The molecule has 12 heteroatoms. The smallest absolute Gasteiger partial charge is 0.324 e. The summed E-state index contributed by atoms with van der Waals surface area (Å²) in [5.74, 6) is -0.480. The van der Waals surface area contributed by atoms with Crippen LogP contribution in [0.5, 0.6) is 0 Å². The van der Waals surface area contributed by atoms with Gasteiger partial charge in [-0.05, 0) is 35.9 Å². The fourth-order valence-corrected chi connectivity index (χ4v) is 3.24. The van der Waals surface area contributed by atoms with Gasteiger partial charge in [-0.2, -0.15) is 13.2 Å². The molecule has 8 nitrogen and oxygen atoms in total. The standard InChI is InChI=1S/C20H14ClF3N6O2/c21-14-5-2-6-15(8-14)26-16(31)10-29-11-25-18-17(19(29)32)27-28-30(18)9-12-3-1-4-13(7-12)20(22,23)24/h1-8,11H,9-10H2,(H,26,31). The van der Waals surface area contributed by atoms with E-state index in [0.717, 1.165) is 23.0 Å². The molecule has 0 bridgehead atoms. The Hall–Kier alpha value is -3.73. The lowest BCUT2D eigenvalue weighted by Gasteiger charge is -2.09. The summed E-state index contributed by atoms with van der Waals surface area (Å²) in [7, 11) is 0. The van der Waals surface area contributed by atoms with Crippen molar-refractivity contribution in [3.63, 3.8) is 0 Å². The van der Waals surface area contributed by atoms with Gasteiger partial charge in [0.1, 0.15) is 12.9 Å². The molecule has 0 atom stereocenters. The van der Waals surface area contributed by atoms with Gasteiger partial charge >= 0.3 is 6.18 Å². The van der Waals surface area contributed by atoms with Crippen LogP contribution >= 0.6 is 11.6 Å². The van der Waals surface area contributed by atoms with Gasteiger partial charge in [-0.3, -0.25) is 14.2 Å². The summed E-state index contributed by atoms with van der Waals surface area (Å²) >= 11 is 5.88. The summed E-state index contributed by atoms with van der Waals surface area (Å²) < 4.78 is 41.1. The van der Waals surface area contributed by atoms with Gasteiger partial charge in [0.15, 0.2) is 11.2 Å². The fourth-order valence-electron chi connectivity index (χ4n) is 3.05. The molecular formula is C20H14ClF3N6O2. The van der Waals surface area contributed by atoms with Crippen LogP contribution < -0.4 is 10.9 Å². The number of nitrogens with zero attached hydrogens (tertiary/aromatic N) is 5. The van der Waals surface area contributed by atoms with Crippen molar-refractivity contribution in [3.05, 3.63) is 81.4 Å². The first-order valence-corrected chi connectivity index (χ1v) is 9.59. The van der Waals surface area contributed by atoms with Gasteiger partial charge < -0.3 is 5.32 Å². The van der Waals surface area contributed by atoms with Crippen molar-refractivity contribution in [1.82, 2.24) is 24.5 Å². The van der Waals surface area contributed by atoms with Crippen LogP contribution in [-0.2, 0) is 24.1 Å². The number of amides is 1. The van der Waals surface area contributed by atoms with Gasteiger partial charge in [-0.1, -0.05) is 35.0 Å². The first-order valence-electron chi connectivity index (χ1n) is 9.21. The van der Waals surface area contributed by atoms with Crippen LogP contribution in [0.15, 0.2) is 59.7 Å². The Bertz CT molecular complexity index is 1370. The predicted octanol–water partition coefficient (Wildman–Crippen LogP) is 3.35. The highest BCUT2D eigenvalue weighted by Crippen LogP contribution is 2.29. The van der Waals surface area contributed by atoms with Crippen molar-refractivity contribution in [3.8, 4) is 0 Å². The molecule has 1 N–H and O–H groups in total. The number of fused-ring (bicyclic) bond motifs is 1. The molecule has 0 aliphatic heterocycles. The zero-order valence-electron chi connectivity index (χ0n) is 16.2. The number of nitrogens with one attached hydrogen (secondary N) is 1. The van der Waals surface area contributed by atoms with E-state index in [4.69, 9.17) is 11.6 Å². The number of carbonyl (C=O) groups excluding carboxylic acids is 1. The Labute approximate surface area is 183 Å². The highest BCUT2D eigenvalue weighted by Gasteiger charge is 2.30.